The van der Waals surface area contributed by atoms with Crippen LogP contribution in [0.25, 0.3) is 0 Å². The number of aromatic nitrogens is 1. The lowest BCUT2D eigenvalue weighted by Crippen LogP contribution is -2.22. The van der Waals surface area contributed by atoms with Crippen LogP contribution in [0.5, 0.6) is 0 Å². The van der Waals surface area contributed by atoms with Crippen molar-refractivity contribution in [1.82, 2.24) is 10.3 Å². The molecule has 78 valence electrons. The van der Waals surface area contributed by atoms with Gasteiger partial charge in [-0.1, -0.05) is 6.92 Å². The summed E-state index contributed by atoms with van der Waals surface area (Å²) in [7, 11) is 0. The van der Waals surface area contributed by atoms with Gasteiger partial charge in [-0.15, -0.1) is 11.3 Å². The standard InChI is InChI=1S/C10H17N3S/c1-3-7(2)12-10-13-8-4-5-11-6-9(8)14-10/h7,11H,3-6H2,1-2H3,(H,12,13). The average Bonchev–Trinajstić information content (AvgIpc) is 2.59. The Labute approximate surface area is 88.9 Å². The molecule has 0 aliphatic carbocycles. The summed E-state index contributed by atoms with van der Waals surface area (Å²) in [5.74, 6) is 0. The molecule has 0 spiro atoms. The second kappa shape index (κ2) is 4.28. The predicted octanol–water partition coefficient (Wildman–Crippen LogP) is 2.00. The van der Waals surface area contributed by atoms with Crippen LogP contribution in [0.2, 0.25) is 0 Å². The maximum atomic E-state index is 4.61. The van der Waals surface area contributed by atoms with Crippen molar-refractivity contribution in [3.8, 4) is 0 Å². The Morgan fingerprint density at radius 1 is 1.64 bits per heavy atom. The Balaban J connectivity index is 2.08. The van der Waals surface area contributed by atoms with E-state index in [1.54, 1.807) is 11.3 Å². The summed E-state index contributed by atoms with van der Waals surface area (Å²) in [5.41, 5.74) is 1.29. The molecule has 14 heavy (non-hydrogen) atoms. The van der Waals surface area contributed by atoms with Gasteiger partial charge < -0.3 is 10.6 Å². The van der Waals surface area contributed by atoms with Gasteiger partial charge in [0.1, 0.15) is 0 Å². The second-order valence-corrected chi connectivity index (χ2v) is 4.85. The zero-order chi connectivity index (χ0) is 9.97. The van der Waals surface area contributed by atoms with Crippen molar-refractivity contribution in [2.24, 2.45) is 0 Å². The molecule has 0 amide bonds. The fourth-order valence-corrected chi connectivity index (χ4v) is 2.59. The third-order valence-electron chi connectivity index (χ3n) is 2.58. The van der Waals surface area contributed by atoms with Gasteiger partial charge in [-0.05, 0) is 13.3 Å². The molecule has 3 nitrogen and oxygen atoms in total. The van der Waals surface area contributed by atoms with Gasteiger partial charge in [-0.25, -0.2) is 4.98 Å². The van der Waals surface area contributed by atoms with Gasteiger partial charge in [0.15, 0.2) is 5.13 Å². The second-order valence-electron chi connectivity index (χ2n) is 3.77. The van der Waals surface area contributed by atoms with E-state index in [0.29, 0.717) is 6.04 Å². The fourth-order valence-electron chi connectivity index (χ4n) is 1.50. The Morgan fingerprint density at radius 2 is 2.50 bits per heavy atom. The Bertz CT molecular complexity index is 285. The van der Waals surface area contributed by atoms with Crippen LogP contribution in [0.4, 0.5) is 5.13 Å². The van der Waals surface area contributed by atoms with E-state index in [9.17, 15) is 0 Å². The molecule has 2 heterocycles. The maximum absolute atomic E-state index is 4.61. The minimum atomic E-state index is 0.524. The lowest BCUT2D eigenvalue weighted by molar-refractivity contribution is 0.643. The molecule has 1 atom stereocenters. The van der Waals surface area contributed by atoms with E-state index in [4.69, 9.17) is 0 Å². The minimum Gasteiger partial charge on any atom is -0.359 e. The Morgan fingerprint density at radius 3 is 3.21 bits per heavy atom. The molecule has 0 bridgehead atoms. The minimum absolute atomic E-state index is 0.524. The number of rotatable bonds is 3. The molecule has 0 saturated carbocycles. The summed E-state index contributed by atoms with van der Waals surface area (Å²) in [4.78, 5) is 6.01. The molecule has 0 fully saturated rings. The zero-order valence-electron chi connectivity index (χ0n) is 8.76. The smallest absolute Gasteiger partial charge is 0.183 e. The Hall–Kier alpha value is -0.610. The maximum Gasteiger partial charge on any atom is 0.183 e. The molecule has 2 rings (SSSR count). The van der Waals surface area contributed by atoms with Crippen LogP contribution < -0.4 is 10.6 Å². The number of anilines is 1. The number of nitrogens with one attached hydrogen (secondary N) is 2. The molecule has 1 aromatic rings. The van der Waals surface area contributed by atoms with Crippen molar-refractivity contribution in [1.29, 1.82) is 0 Å². The van der Waals surface area contributed by atoms with Gasteiger partial charge in [0, 0.05) is 30.4 Å². The highest BCUT2D eigenvalue weighted by atomic mass is 32.1. The van der Waals surface area contributed by atoms with Crippen molar-refractivity contribution in [3.63, 3.8) is 0 Å². The molecule has 1 aliphatic rings. The number of fused-ring (bicyclic) bond motifs is 1. The van der Waals surface area contributed by atoms with Crippen LogP contribution in [-0.4, -0.2) is 17.6 Å². The molecular weight excluding hydrogens is 194 g/mol. The summed E-state index contributed by atoms with van der Waals surface area (Å²) >= 11 is 1.79. The van der Waals surface area contributed by atoms with Crippen molar-refractivity contribution >= 4 is 16.5 Å². The van der Waals surface area contributed by atoms with Crippen LogP contribution in [0.3, 0.4) is 0 Å². The fraction of sp³-hybridized carbons (Fsp3) is 0.700. The molecule has 1 aromatic heterocycles. The van der Waals surface area contributed by atoms with Gasteiger partial charge in [-0.2, -0.15) is 0 Å². The van der Waals surface area contributed by atoms with Crippen molar-refractivity contribution in [2.45, 2.75) is 39.3 Å². The van der Waals surface area contributed by atoms with Crippen LogP contribution in [0, 0.1) is 0 Å². The van der Waals surface area contributed by atoms with Crippen molar-refractivity contribution < 1.29 is 0 Å². The van der Waals surface area contributed by atoms with Gasteiger partial charge in [0.2, 0.25) is 0 Å². The molecule has 2 N–H and O–H groups in total. The number of hydrogen-bond donors (Lipinski definition) is 2. The van der Waals surface area contributed by atoms with Gasteiger partial charge in [0.05, 0.1) is 5.69 Å². The van der Waals surface area contributed by atoms with Crippen molar-refractivity contribution in [3.05, 3.63) is 10.6 Å². The van der Waals surface area contributed by atoms with Crippen LogP contribution in [-0.2, 0) is 13.0 Å². The number of hydrogen-bond acceptors (Lipinski definition) is 4. The molecule has 0 radical (unpaired) electrons. The van der Waals surface area contributed by atoms with E-state index in [-0.39, 0.29) is 0 Å². The van der Waals surface area contributed by atoms with Gasteiger partial charge in [-0.3, -0.25) is 0 Å². The lowest BCUT2D eigenvalue weighted by atomic mass is 10.2. The monoisotopic (exact) mass is 211 g/mol. The molecular formula is C10H17N3S. The Kier molecular flexibility index (Phi) is 3.03. The van der Waals surface area contributed by atoms with E-state index in [1.165, 1.54) is 10.6 Å². The van der Waals surface area contributed by atoms with E-state index >= 15 is 0 Å². The van der Waals surface area contributed by atoms with Crippen molar-refractivity contribution in [2.75, 3.05) is 11.9 Å². The van der Waals surface area contributed by atoms with Crippen LogP contribution >= 0.6 is 11.3 Å². The highest BCUT2D eigenvalue weighted by molar-refractivity contribution is 7.15. The first-order chi connectivity index (χ1) is 6.79. The first kappa shape index (κ1) is 9.93. The topological polar surface area (TPSA) is 37.0 Å². The molecule has 0 saturated heterocycles. The number of thiazole rings is 1. The molecule has 1 unspecified atom stereocenters. The SMILES string of the molecule is CCC(C)Nc1nc2c(s1)CNCC2. The molecule has 1 aliphatic heterocycles. The summed E-state index contributed by atoms with van der Waals surface area (Å²) in [6, 6.07) is 0.524. The first-order valence-corrected chi connectivity index (χ1v) is 6.07. The van der Waals surface area contributed by atoms with E-state index < -0.39 is 0 Å². The highest BCUT2D eigenvalue weighted by Crippen LogP contribution is 2.25. The van der Waals surface area contributed by atoms with E-state index in [0.717, 1.165) is 31.1 Å². The summed E-state index contributed by atoms with van der Waals surface area (Å²) < 4.78 is 0. The van der Waals surface area contributed by atoms with E-state index in [2.05, 4.69) is 29.5 Å². The third kappa shape index (κ3) is 2.07. The molecule has 4 heteroatoms. The first-order valence-electron chi connectivity index (χ1n) is 5.25. The largest absolute Gasteiger partial charge is 0.359 e. The highest BCUT2D eigenvalue weighted by Gasteiger charge is 2.14. The zero-order valence-corrected chi connectivity index (χ0v) is 9.58. The number of nitrogens with zero attached hydrogens (tertiary/aromatic N) is 1. The summed E-state index contributed by atoms with van der Waals surface area (Å²) in [6.07, 6.45) is 2.22. The predicted molar refractivity (Wildman–Crippen MR) is 60.9 cm³/mol. The third-order valence-corrected chi connectivity index (χ3v) is 3.61. The van der Waals surface area contributed by atoms with Crippen LogP contribution in [0.1, 0.15) is 30.8 Å². The van der Waals surface area contributed by atoms with Gasteiger partial charge in [0.25, 0.3) is 0 Å². The van der Waals surface area contributed by atoms with Gasteiger partial charge >= 0.3 is 0 Å². The lowest BCUT2D eigenvalue weighted by Gasteiger charge is -2.09. The quantitative estimate of drug-likeness (QED) is 0.803. The van der Waals surface area contributed by atoms with Crippen LogP contribution in [0.15, 0.2) is 0 Å². The summed E-state index contributed by atoms with van der Waals surface area (Å²) in [6.45, 7) is 6.44. The normalized spacial score (nSPS) is 17.6. The molecule has 0 aromatic carbocycles. The summed E-state index contributed by atoms with van der Waals surface area (Å²) in [5, 5.41) is 7.88. The van der Waals surface area contributed by atoms with E-state index in [1.807, 2.05) is 0 Å². The average molecular weight is 211 g/mol.